The fraction of sp³-hybridized carbons (Fsp3) is 0.455. The minimum atomic E-state index is -0.764. The Hall–Kier alpha value is -0.320. The first-order chi connectivity index (χ1) is 7.56. The van der Waals surface area contributed by atoms with Crippen LogP contribution in [-0.2, 0) is 0 Å². The smallest absolute Gasteiger partial charge is 0.0895 e. The summed E-state index contributed by atoms with van der Waals surface area (Å²) in [6, 6.07) is 5.39. The van der Waals surface area contributed by atoms with Crippen LogP contribution >= 0.6 is 23.2 Å². The highest BCUT2D eigenvalue weighted by Gasteiger charge is 2.12. The average molecular weight is 264 g/mol. The van der Waals surface area contributed by atoms with Gasteiger partial charge in [-0.25, -0.2) is 0 Å². The molecule has 3 N–H and O–H groups in total. The predicted molar refractivity (Wildman–Crippen MR) is 66.0 cm³/mol. The third-order valence-corrected chi connectivity index (χ3v) is 3.15. The SMILES string of the molecule is CC(NCC(O)CO)c1cccc(Cl)c1Cl. The molecule has 0 fully saturated rings. The lowest BCUT2D eigenvalue weighted by molar-refractivity contribution is 0.0924. The second-order valence-electron chi connectivity index (χ2n) is 3.61. The zero-order valence-electron chi connectivity index (χ0n) is 8.95. The highest BCUT2D eigenvalue weighted by Crippen LogP contribution is 2.29. The number of aliphatic hydroxyl groups is 2. The lowest BCUT2D eigenvalue weighted by Crippen LogP contribution is -2.31. The number of benzene rings is 1. The van der Waals surface area contributed by atoms with Crippen molar-refractivity contribution in [1.82, 2.24) is 5.32 Å². The van der Waals surface area contributed by atoms with Crippen molar-refractivity contribution in [2.75, 3.05) is 13.2 Å². The van der Waals surface area contributed by atoms with E-state index in [1.54, 1.807) is 6.07 Å². The predicted octanol–water partition coefficient (Wildman–Crippen LogP) is 2.00. The molecule has 16 heavy (non-hydrogen) atoms. The molecule has 1 rings (SSSR count). The lowest BCUT2D eigenvalue weighted by atomic mass is 10.1. The van der Waals surface area contributed by atoms with E-state index in [9.17, 15) is 5.11 Å². The van der Waals surface area contributed by atoms with E-state index in [-0.39, 0.29) is 12.6 Å². The third-order valence-electron chi connectivity index (χ3n) is 2.32. The van der Waals surface area contributed by atoms with Crippen LogP contribution in [0.5, 0.6) is 0 Å². The van der Waals surface area contributed by atoms with Gasteiger partial charge in [0.25, 0.3) is 0 Å². The van der Waals surface area contributed by atoms with Crippen LogP contribution in [0.1, 0.15) is 18.5 Å². The van der Waals surface area contributed by atoms with Gasteiger partial charge in [0.2, 0.25) is 0 Å². The molecule has 1 aromatic carbocycles. The van der Waals surface area contributed by atoms with Crippen molar-refractivity contribution in [3.63, 3.8) is 0 Å². The van der Waals surface area contributed by atoms with Gasteiger partial charge in [0.1, 0.15) is 0 Å². The maximum Gasteiger partial charge on any atom is 0.0895 e. The van der Waals surface area contributed by atoms with Crippen molar-refractivity contribution in [3.05, 3.63) is 33.8 Å². The van der Waals surface area contributed by atoms with Crippen LogP contribution < -0.4 is 5.32 Å². The van der Waals surface area contributed by atoms with E-state index in [0.29, 0.717) is 16.6 Å². The Balaban J connectivity index is 2.66. The summed E-state index contributed by atoms with van der Waals surface area (Å²) in [4.78, 5) is 0. The monoisotopic (exact) mass is 263 g/mol. The first-order valence-electron chi connectivity index (χ1n) is 5.02. The number of rotatable bonds is 5. The molecule has 1 aromatic rings. The van der Waals surface area contributed by atoms with Crippen LogP contribution in [0, 0.1) is 0 Å². The quantitative estimate of drug-likeness (QED) is 0.762. The van der Waals surface area contributed by atoms with Gasteiger partial charge in [-0.15, -0.1) is 0 Å². The van der Waals surface area contributed by atoms with Crippen LogP contribution in [0.15, 0.2) is 18.2 Å². The number of hydrogen-bond acceptors (Lipinski definition) is 3. The first kappa shape index (κ1) is 13.7. The van der Waals surface area contributed by atoms with E-state index >= 15 is 0 Å². The Bertz CT molecular complexity index is 347. The summed E-state index contributed by atoms with van der Waals surface area (Å²) in [6.07, 6.45) is -0.764. The van der Waals surface area contributed by atoms with Crippen LogP contribution in [0.2, 0.25) is 10.0 Å². The molecule has 0 saturated carbocycles. The number of halogens is 2. The van der Waals surface area contributed by atoms with Gasteiger partial charge < -0.3 is 15.5 Å². The fourth-order valence-electron chi connectivity index (χ4n) is 1.34. The second kappa shape index (κ2) is 6.42. The van der Waals surface area contributed by atoms with E-state index in [0.717, 1.165) is 5.56 Å². The van der Waals surface area contributed by atoms with Gasteiger partial charge in [0, 0.05) is 12.6 Å². The highest BCUT2D eigenvalue weighted by atomic mass is 35.5. The zero-order chi connectivity index (χ0) is 12.1. The molecular formula is C11H15Cl2NO2. The summed E-state index contributed by atoms with van der Waals surface area (Å²) < 4.78 is 0. The Morgan fingerprint density at radius 3 is 2.69 bits per heavy atom. The zero-order valence-corrected chi connectivity index (χ0v) is 10.5. The molecule has 90 valence electrons. The molecule has 0 aliphatic carbocycles. The molecule has 2 unspecified atom stereocenters. The largest absolute Gasteiger partial charge is 0.394 e. The van der Waals surface area contributed by atoms with Crippen LogP contribution in [0.25, 0.3) is 0 Å². The van der Waals surface area contributed by atoms with Crippen LogP contribution in [0.3, 0.4) is 0 Å². The summed E-state index contributed by atoms with van der Waals surface area (Å²) >= 11 is 12.0. The summed E-state index contributed by atoms with van der Waals surface area (Å²) in [7, 11) is 0. The van der Waals surface area contributed by atoms with E-state index in [1.165, 1.54) is 0 Å². The second-order valence-corrected chi connectivity index (χ2v) is 4.39. The Morgan fingerprint density at radius 1 is 1.38 bits per heavy atom. The van der Waals surface area contributed by atoms with Gasteiger partial charge >= 0.3 is 0 Å². The van der Waals surface area contributed by atoms with Gasteiger partial charge in [0.05, 0.1) is 22.8 Å². The third kappa shape index (κ3) is 3.61. The normalized spacial score (nSPS) is 14.8. The summed E-state index contributed by atoms with van der Waals surface area (Å²) in [5.74, 6) is 0. The number of nitrogens with one attached hydrogen (secondary N) is 1. The Labute approximate surface area is 105 Å². The van der Waals surface area contributed by atoms with Gasteiger partial charge in [-0.2, -0.15) is 0 Å². The Kier molecular flexibility index (Phi) is 5.52. The minimum Gasteiger partial charge on any atom is -0.394 e. The van der Waals surface area contributed by atoms with E-state index in [4.69, 9.17) is 28.3 Å². The molecule has 2 atom stereocenters. The molecule has 0 aliphatic heterocycles. The molecule has 0 aliphatic rings. The van der Waals surface area contributed by atoms with Gasteiger partial charge in [-0.1, -0.05) is 35.3 Å². The average Bonchev–Trinajstić information content (AvgIpc) is 2.29. The van der Waals surface area contributed by atoms with Crippen molar-refractivity contribution in [3.8, 4) is 0 Å². The van der Waals surface area contributed by atoms with E-state index in [2.05, 4.69) is 5.32 Å². The summed E-state index contributed by atoms with van der Waals surface area (Å²) in [6.45, 7) is 1.96. The standard InChI is InChI=1S/C11H15Cl2NO2/c1-7(14-5-8(16)6-15)9-3-2-4-10(12)11(9)13/h2-4,7-8,14-16H,5-6H2,1H3. The molecule has 3 nitrogen and oxygen atoms in total. The fourth-order valence-corrected chi connectivity index (χ4v) is 1.81. The van der Waals surface area contributed by atoms with E-state index in [1.807, 2.05) is 19.1 Å². The Morgan fingerprint density at radius 2 is 2.06 bits per heavy atom. The number of aliphatic hydroxyl groups excluding tert-OH is 2. The molecule has 5 heteroatoms. The van der Waals surface area contributed by atoms with Crippen LogP contribution in [0.4, 0.5) is 0 Å². The lowest BCUT2D eigenvalue weighted by Gasteiger charge is -2.17. The molecule has 0 amide bonds. The maximum atomic E-state index is 9.21. The molecule has 0 bridgehead atoms. The summed E-state index contributed by atoms with van der Waals surface area (Å²) in [5, 5.41) is 22.0. The molecule has 0 heterocycles. The molecule has 0 radical (unpaired) electrons. The minimum absolute atomic E-state index is 0.0348. The maximum absolute atomic E-state index is 9.21. The van der Waals surface area contributed by atoms with Gasteiger partial charge in [-0.3, -0.25) is 0 Å². The van der Waals surface area contributed by atoms with E-state index < -0.39 is 6.10 Å². The van der Waals surface area contributed by atoms with Gasteiger partial charge in [-0.05, 0) is 18.6 Å². The molecule has 0 spiro atoms. The summed E-state index contributed by atoms with van der Waals surface area (Å²) in [5.41, 5.74) is 0.874. The number of hydrogen-bond donors (Lipinski definition) is 3. The topological polar surface area (TPSA) is 52.5 Å². The molecule has 0 aromatic heterocycles. The van der Waals surface area contributed by atoms with Gasteiger partial charge in [0.15, 0.2) is 0 Å². The van der Waals surface area contributed by atoms with Crippen molar-refractivity contribution in [2.45, 2.75) is 19.1 Å². The van der Waals surface area contributed by atoms with Crippen LogP contribution in [-0.4, -0.2) is 29.5 Å². The van der Waals surface area contributed by atoms with Crippen molar-refractivity contribution < 1.29 is 10.2 Å². The van der Waals surface area contributed by atoms with Crippen molar-refractivity contribution in [1.29, 1.82) is 0 Å². The van der Waals surface area contributed by atoms with Crippen molar-refractivity contribution >= 4 is 23.2 Å². The first-order valence-corrected chi connectivity index (χ1v) is 5.78. The highest BCUT2D eigenvalue weighted by molar-refractivity contribution is 6.42. The molecular weight excluding hydrogens is 249 g/mol. The van der Waals surface area contributed by atoms with Crippen molar-refractivity contribution in [2.24, 2.45) is 0 Å². The molecule has 0 saturated heterocycles.